The Balaban J connectivity index is 2.30. The molecule has 0 saturated carbocycles. The van der Waals surface area contributed by atoms with E-state index in [4.69, 9.17) is 5.73 Å². The maximum Gasteiger partial charge on any atom is 0.262 e. The van der Waals surface area contributed by atoms with Crippen molar-refractivity contribution in [3.63, 3.8) is 0 Å². The van der Waals surface area contributed by atoms with Crippen LogP contribution < -0.4 is 11.3 Å². The quantitative estimate of drug-likeness (QED) is 0.702. The average Bonchev–Trinajstić information content (AvgIpc) is 2.76. The lowest BCUT2D eigenvalue weighted by molar-refractivity contribution is 1.06. The van der Waals surface area contributed by atoms with Gasteiger partial charge in [0.25, 0.3) is 5.56 Å². The molecule has 0 saturated heterocycles. The summed E-state index contributed by atoms with van der Waals surface area (Å²) in [5.41, 5.74) is 10.4. The third-order valence-corrected chi connectivity index (χ3v) is 3.53. The summed E-state index contributed by atoms with van der Waals surface area (Å²) in [7, 11) is 0. The number of nitrogens with one attached hydrogen (secondary N) is 1. The molecule has 6 heteroatoms. The highest BCUT2D eigenvalue weighted by Gasteiger charge is 2.11. The second kappa shape index (κ2) is 4.19. The highest BCUT2D eigenvalue weighted by molar-refractivity contribution is 5.66. The summed E-state index contributed by atoms with van der Waals surface area (Å²) in [5, 5.41) is 6.46. The van der Waals surface area contributed by atoms with Crippen LogP contribution in [0.1, 0.15) is 16.7 Å². The van der Waals surface area contributed by atoms with Gasteiger partial charge in [0.1, 0.15) is 0 Å². The summed E-state index contributed by atoms with van der Waals surface area (Å²) in [6.45, 7) is 6.11. The highest BCUT2D eigenvalue weighted by Crippen LogP contribution is 2.24. The van der Waals surface area contributed by atoms with Gasteiger partial charge in [-0.3, -0.25) is 4.79 Å². The van der Waals surface area contributed by atoms with Gasteiger partial charge in [-0.05, 0) is 43.5 Å². The highest BCUT2D eigenvalue weighted by atomic mass is 16.1. The summed E-state index contributed by atoms with van der Waals surface area (Å²) in [4.78, 5) is 16.5. The van der Waals surface area contributed by atoms with Crippen LogP contribution in [0.25, 0.3) is 17.0 Å². The van der Waals surface area contributed by atoms with Crippen LogP contribution in [0.2, 0.25) is 0 Å². The number of aryl methyl sites for hydroxylation is 3. The maximum atomic E-state index is 12.1. The van der Waals surface area contributed by atoms with Crippen molar-refractivity contribution in [3.8, 4) is 11.3 Å². The maximum absolute atomic E-state index is 12.1. The molecule has 20 heavy (non-hydrogen) atoms. The monoisotopic (exact) mass is 269 g/mol. The number of nitrogens with zero attached hydrogens (tertiary/aromatic N) is 3. The largest absolute Gasteiger partial charge is 0.368 e. The molecule has 0 unspecified atom stereocenters. The van der Waals surface area contributed by atoms with Gasteiger partial charge in [0.2, 0.25) is 11.7 Å². The second-order valence-electron chi connectivity index (χ2n) is 4.97. The number of benzene rings is 1. The predicted molar refractivity (Wildman–Crippen MR) is 77.7 cm³/mol. The van der Waals surface area contributed by atoms with Crippen LogP contribution >= 0.6 is 0 Å². The van der Waals surface area contributed by atoms with E-state index in [9.17, 15) is 4.79 Å². The normalized spacial score (nSPS) is 11.2. The standard InChI is InChI=1S/C14H15N5O/c1-7-4-9(3)10(5-8(7)2)11-6-12(20)19-13(15)17-18-14(19)16-11/h4-6H,1-3H3,(H2,15,17)(H,16,18). The van der Waals surface area contributed by atoms with E-state index in [2.05, 4.69) is 28.2 Å². The first kappa shape index (κ1) is 12.4. The number of nitrogen functional groups attached to an aromatic ring is 1. The van der Waals surface area contributed by atoms with Gasteiger partial charge in [0, 0.05) is 11.6 Å². The van der Waals surface area contributed by atoms with E-state index in [0.717, 1.165) is 16.7 Å². The van der Waals surface area contributed by atoms with Crippen LogP contribution in [0.3, 0.4) is 0 Å². The van der Waals surface area contributed by atoms with Crippen LogP contribution in [-0.4, -0.2) is 19.6 Å². The minimum absolute atomic E-state index is 0.112. The topological polar surface area (TPSA) is 89.1 Å². The van der Waals surface area contributed by atoms with Crippen molar-refractivity contribution < 1.29 is 0 Å². The molecule has 2 aromatic heterocycles. The minimum Gasteiger partial charge on any atom is -0.368 e. The number of aromatic amines is 1. The van der Waals surface area contributed by atoms with Crippen LogP contribution in [0.15, 0.2) is 23.0 Å². The Kier molecular flexibility index (Phi) is 2.60. The summed E-state index contributed by atoms with van der Waals surface area (Å²) in [5.74, 6) is 0.462. The van der Waals surface area contributed by atoms with Crippen molar-refractivity contribution in [1.29, 1.82) is 0 Å². The molecule has 0 atom stereocenters. The van der Waals surface area contributed by atoms with Gasteiger partial charge >= 0.3 is 0 Å². The number of fused-ring (bicyclic) bond motifs is 1. The fraction of sp³-hybridized carbons (Fsp3) is 0.214. The second-order valence-corrected chi connectivity index (χ2v) is 4.97. The number of aromatic nitrogens is 4. The third-order valence-electron chi connectivity index (χ3n) is 3.53. The number of hydrogen-bond donors (Lipinski definition) is 2. The minimum atomic E-state index is -0.242. The molecule has 0 radical (unpaired) electrons. The number of hydrogen-bond acceptors (Lipinski definition) is 4. The molecule has 0 aliphatic rings. The summed E-state index contributed by atoms with van der Waals surface area (Å²) < 4.78 is 1.25. The van der Waals surface area contributed by atoms with Crippen LogP contribution in [0, 0.1) is 20.8 Å². The zero-order chi connectivity index (χ0) is 14.4. The first-order chi connectivity index (χ1) is 9.47. The first-order valence-electron chi connectivity index (χ1n) is 6.29. The fourth-order valence-corrected chi connectivity index (χ4v) is 2.31. The van der Waals surface area contributed by atoms with Gasteiger partial charge in [-0.2, -0.15) is 0 Å². The molecule has 0 aliphatic heterocycles. The Bertz CT molecular complexity index is 875. The summed E-state index contributed by atoms with van der Waals surface area (Å²) in [6, 6.07) is 5.62. The molecule has 0 aliphatic carbocycles. The molecule has 0 bridgehead atoms. The Hall–Kier alpha value is -2.63. The number of H-pyrrole nitrogens is 1. The molecule has 2 heterocycles. The van der Waals surface area contributed by atoms with Gasteiger partial charge in [-0.1, -0.05) is 6.07 Å². The van der Waals surface area contributed by atoms with Gasteiger partial charge < -0.3 is 5.73 Å². The molecular formula is C14H15N5O. The van der Waals surface area contributed by atoms with Gasteiger partial charge in [-0.25, -0.2) is 14.5 Å². The molecule has 3 rings (SSSR count). The fourth-order valence-electron chi connectivity index (χ4n) is 2.31. The van der Waals surface area contributed by atoms with E-state index in [0.29, 0.717) is 11.5 Å². The molecule has 3 N–H and O–H groups in total. The average molecular weight is 269 g/mol. The van der Waals surface area contributed by atoms with E-state index >= 15 is 0 Å². The smallest absolute Gasteiger partial charge is 0.262 e. The Morgan fingerprint density at radius 2 is 1.80 bits per heavy atom. The Morgan fingerprint density at radius 1 is 1.10 bits per heavy atom. The molecule has 0 fully saturated rings. The van der Waals surface area contributed by atoms with Crippen LogP contribution in [0.4, 0.5) is 5.95 Å². The number of nitrogens with two attached hydrogens (primary N) is 1. The van der Waals surface area contributed by atoms with E-state index in [1.165, 1.54) is 16.0 Å². The zero-order valence-electron chi connectivity index (χ0n) is 11.6. The summed E-state index contributed by atoms with van der Waals surface area (Å²) in [6.07, 6.45) is 0. The molecule has 1 aromatic carbocycles. The van der Waals surface area contributed by atoms with Crippen molar-refractivity contribution in [2.75, 3.05) is 5.73 Å². The molecule has 0 amide bonds. The zero-order valence-corrected chi connectivity index (χ0v) is 11.6. The van der Waals surface area contributed by atoms with E-state index in [1.807, 2.05) is 19.9 Å². The van der Waals surface area contributed by atoms with Crippen LogP contribution in [0.5, 0.6) is 0 Å². The van der Waals surface area contributed by atoms with Crippen molar-refractivity contribution >= 4 is 11.7 Å². The molecule has 0 spiro atoms. The van der Waals surface area contributed by atoms with Crippen molar-refractivity contribution in [3.05, 3.63) is 45.2 Å². The lowest BCUT2D eigenvalue weighted by Crippen LogP contribution is -2.15. The van der Waals surface area contributed by atoms with Crippen molar-refractivity contribution in [2.24, 2.45) is 0 Å². The SMILES string of the molecule is Cc1cc(C)c(-c2cc(=O)n3c(N)n[nH]c3n2)cc1C. The Labute approximate surface area is 115 Å². The van der Waals surface area contributed by atoms with E-state index in [-0.39, 0.29) is 11.5 Å². The number of rotatable bonds is 1. The lowest BCUT2D eigenvalue weighted by atomic mass is 9.99. The van der Waals surface area contributed by atoms with Gasteiger partial charge in [0.05, 0.1) is 5.69 Å². The predicted octanol–water partition coefficient (Wildman–Crippen LogP) is 1.59. The molecule has 102 valence electrons. The molecule has 3 aromatic rings. The molecule has 6 nitrogen and oxygen atoms in total. The van der Waals surface area contributed by atoms with Gasteiger partial charge in [0.15, 0.2) is 0 Å². The van der Waals surface area contributed by atoms with E-state index < -0.39 is 0 Å². The lowest BCUT2D eigenvalue weighted by Gasteiger charge is -2.09. The first-order valence-corrected chi connectivity index (χ1v) is 6.29. The van der Waals surface area contributed by atoms with Crippen molar-refractivity contribution in [2.45, 2.75) is 20.8 Å². The van der Waals surface area contributed by atoms with E-state index in [1.54, 1.807) is 0 Å². The molecular weight excluding hydrogens is 254 g/mol. The van der Waals surface area contributed by atoms with Gasteiger partial charge in [-0.15, -0.1) is 5.10 Å². The van der Waals surface area contributed by atoms with Crippen LogP contribution in [-0.2, 0) is 0 Å². The Morgan fingerprint density at radius 3 is 2.55 bits per heavy atom. The summed E-state index contributed by atoms with van der Waals surface area (Å²) >= 11 is 0. The number of anilines is 1. The third kappa shape index (κ3) is 1.77. The van der Waals surface area contributed by atoms with Crippen molar-refractivity contribution in [1.82, 2.24) is 19.6 Å².